The molecule has 0 spiro atoms. The third kappa shape index (κ3) is 2.81. The summed E-state index contributed by atoms with van der Waals surface area (Å²) in [7, 11) is 1.54. The normalized spacial score (nSPS) is 23.2. The highest BCUT2D eigenvalue weighted by atomic mass is 16.5. The molecule has 1 fully saturated rings. The fourth-order valence-electron chi connectivity index (χ4n) is 2.45. The SMILES string of the molecule is COc1cccc(N)c1C(=O)N1CC(C)OC(C)C1. The van der Waals surface area contributed by atoms with Gasteiger partial charge in [-0.3, -0.25) is 4.79 Å². The Balaban J connectivity index is 2.29. The van der Waals surface area contributed by atoms with E-state index >= 15 is 0 Å². The van der Waals surface area contributed by atoms with Crippen molar-refractivity contribution in [2.24, 2.45) is 0 Å². The van der Waals surface area contributed by atoms with Crippen molar-refractivity contribution >= 4 is 11.6 Å². The van der Waals surface area contributed by atoms with E-state index in [0.29, 0.717) is 30.1 Å². The molecule has 5 heteroatoms. The lowest BCUT2D eigenvalue weighted by atomic mass is 10.1. The van der Waals surface area contributed by atoms with Crippen LogP contribution in [0.2, 0.25) is 0 Å². The van der Waals surface area contributed by atoms with Gasteiger partial charge in [-0.2, -0.15) is 0 Å². The number of benzene rings is 1. The van der Waals surface area contributed by atoms with Gasteiger partial charge >= 0.3 is 0 Å². The minimum Gasteiger partial charge on any atom is -0.496 e. The van der Waals surface area contributed by atoms with Crippen LogP contribution in [0, 0.1) is 0 Å². The van der Waals surface area contributed by atoms with E-state index in [0.717, 1.165) is 0 Å². The third-order valence-corrected chi connectivity index (χ3v) is 3.20. The van der Waals surface area contributed by atoms with E-state index in [1.807, 2.05) is 13.8 Å². The first-order valence-electron chi connectivity index (χ1n) is 6.40. The lowest BCUT2D eigenvalue weighted by Crippen LogP contribution is -2.48. The van der Waals surface area contributed by atoms with E-state index in [1.54, 1.807) is 23.1 Å². The van der Waals surface area contributed by atoms with Crippen LogP contribution >= 0.6 is 0 Å². The highest BCUT2D eigenvalue weighted by Gasteiger charge is 2.29. The fourth-order valence-corrected chi connectivity index (χ4v) is 2.45. The van der Waals surface area contributed by atoms with Crippen molar-refractivity contribution in [3.8, 4) is 5.75 Å². The predicted octanol–water partition coefficient (Wildman–Crippen LogP) is 1.53. The molecule has 1 aliphatic rings. The van der Waals surface area contributed by atoms with E-state index in [-0.39, 0.29) is 18.1 Å². The Bertz CT molecular complexity index is 466. The van der Waals surface area contributed by atoms with Crippen molar-refractivity contribution in [2.75, 3.05) is 25.9 Å². The summed E-state index contributed by atoms with van der Waals surface area (Å²) in [6.07, 6.45) is 0.0623. The van der Waals surface area contributed by atoms with Crippen LogP contribution in [-0.2, 0) is 4.74 Å². The van der Waals surface area contributed by atoms with Crippen molar-refractivity contribution < 1.29 is 14.3 Å². The zero-order valence-corrected chi connectivity index (χ0v) is 11.6. The van der Waals surface area contributed by atoms with Gasteiger partial charge in [-0.05, 0) is 26.0 Å². The number of hydrogen-bond acceptors (Lipinski definition) is 4. The van der Waals surface area contributed by atoms with Crippen LogP contribution in [-0.4, -0.2) is 43.2 Å². The molecule has 5 nitrogen and oxygen atoms in total. The minimum absolute atomic E-state index is 0.0311. The van der Waals surface area contributed by atoms with E-state index in [2.05, 4.69) is 0 Å². The van der Waals surface area contributed by atoms with Gasteiger partial charge in [0, 0.05) is 18.8 Å². The number of ether oxygens (including phenoxy) is 2. The number of amides is 1. The monoisotopic (exact) mass is 264 g/mol. The molecule has 1 saturated heterocycles. The number of nitrogens with two attached hydrogens (primary N) is 1. The average molecular weight is 264 g/mol. The van der Waals surface area contributed by atoms with Crippen LogP contribution < -0.4 is 10.5 Å². The van der Waals surface area contributed by atoms with Gasteiger partial charge in [0.15, 0.2) is 0 Å². The number of morpholine rings is 1. The van der Waals surface area contributed by atoms with Gasteiger partial charge in [-0.1, -0.05) is 6.07 Å². The topological polar surface area (TPSA) is 64.8 Å². The fraction of sp³-hybridized carbons (Fsp3) is 0.500. The second-order valence-corrected chi connectivity index (χ2v) is 4.89. The summed E-state index contributed by atoms with van der Waals surface area (Å²) in [5, 5.41) is 0. The maximum atomic E-state index is 12.6. The molecular formula is C14H20N2O3. The molecule has 104 valence electrons. The van der Waals surface area contributed by atoms with Crippen molar-refractivity contribution in [2.45, 2.75) is 26.1 Å². The molecule has 1 aliphatic heterocycles. The standard InChI is InChI=1S/C14H20N2O3/c1-9-7-16(8-10(2)19-9)14(17)13-11(15)5-4-6-12(13)18-3/h4-6,9-10H,7-8,15H2,1-3H3. The highest BCUT2D eigenvalue weighted by molar-refractivity contribution is 6.02. The van der Waals surface area contributed by atoms with Gasteiger partial charge in [0.2, 0.25) is 0 Å². The van der Waals surface area contributed by atoms with Crippen LogP contribution in [0.1, 0.15) is 24.2 Å². The maximum absolute atomic E-state index is 12.6. The zero-order valence-electron chi connectivity index (χ0n) is 11.6. The molecule has 2 atom stereocenters. The summed E-state index contributed by atoms with van der Waals surface area (Å²) >= 11 is 0. The molecule has 0 bridgehead atoms. The first kappa shape index (κ1) is 13.7. The van der Waals surface area contributed by atoms with Gasteiger partial charge in [-0.15, -0.1) is 0 Å². The molecule has 2 N–H and O–H groups in total. The number of nitrogens with zero attached hydrogens (tertiary/aromatic N) is 1. The second kappa shape index (κ2) is 5.48. The van der Waals surface area contributed by atoms with Gasteiger partial charge in [0.25, 0.3) is 5.91 Å². The lowest BCUT2D eigenvalue weighted by Gasteiger charge is -2.35. The molecule has 2 rings (SSSR count). The molecule has 1 aromatic carbocycles. The molecule has 0 aromatic heterocycles. The van der Waals surface area contributed by atoms with Crippen molar-refractivity contribution in [3.05, 3.63) is 23.8 Å². The Kier molecular flexibility index (Phi) is 3.95. The summed E-state index contributed by atoms with van der Waals surface area (Å²) < 4.78 is 10.9. The largest absolute Gasteiger partial charge is 0.496 e. The quantitative estimate of drug-likeness (QED) is 0.823. The highest BCUT2D eigenvalue weighted by Crippen LogP contribution is 2.27. The van der Waals surface area contributed by atoms with E-state index in [4.69, 9.17) is 15.2 Å². The number of methoxy groups -OCH3 is 1. The Morgan fingerprint density at radius 1 is 1.37 bits per heavy atom. The first-order chi connectivity index (χ1) is 9.02. The summed E-state index contributed by atoms with van der Waals surface area (Å²) in [6, 6.07) is 5.23. The lowest BCUT2D eigenvalue weighted by molar-refractivity contribution is -0.0586. The molecule has 0 aliphatic carbocycles. The summed E-state index contributed by atoms with van der Waals surface area (Å²) in [4.78, 5) is 14.4. The van der Waals surface area contributed by atoms with Gasteiger partial charge < -0.3 is 20.1 Å². The summed E-state index contributed by atoms with van der Waals surface area (Å²) in [5.41, 5.74) is 6.79. The molecule has 19 heavy (non-hydrogen) atoms. The number of nitrogen functional groups attached to an aromatic ring is 1. The van der Waals surface area contributed by atoms with Crippen molar-refractivity contribution in [1.82, 2.24) is 4.90 Å². The average Bonchev–Trinajstić information content (AvgIpc) is 2.36. The van der Waals surface area contributed by atoms with Crippen molar-refractivity contribution in [1.29, 1.82) is 0 Å². The van der Waals surface area contributed by atoms with Crippen LogP contribution in [0.4, 0.5) is 5.69 Å². The molecule has 1 amide bonds. The number of hydrogen-bond donors (Lipinski definition) is 1. The minimum atomic E-state index is -0.100. The van der Waals surface area contributed by atoms with E-state index in [9.17, 15) is 4.79 Å². The maximum Gasteiger partial charge on any atom is 0.259 e. The number of anilines is 1. The molecule has 2 unspecified atom stereocenters. The molecule has 1 heterocycles. The smallest absolute Gasteiger partial charge is 0.259 e. The van der Waals surface area contributed by atoms with Gasteiger partial charge in [0.1, 0.15) is 11.3 Å². The summed E-state index contributed by atoms with van der Waals surface area (Å²) in [6.45, 7) is 5.06. The van der Waals surface area contributed by atoms with Gasteiger partial charge in [0.05, 0.1) is 19.3 Å². The number of rotatable bonds is 2. The third-order valence-electron chi connectivity index (χ3n) is 3.20. The Labute approximate surface area is 113 Å². The Morgan fingerprint density at radius 2 is 2.00 bits per heavy atom. The number of carbonyl (C=O) groups excluding carboxylic acids is 1. The Morgan fingerprint density at radius 3 is 2.58 bits per heavy atom. The van der Waals surface area contributed by atoms with Crippen LogP contribution in [0.15, 0.2) is 18.2 Å². The molecule has 0 radical (unpaired) electrons. The van der Waals surface area contributed by atoms with Crippen molar-refractivity contribution in [3.63, 3.8) is 0 Å². The molecule has 0 saturated carbocycles. The van der Waals surface area contributed by atoms with Crippen LogP contribution in [0.3, 0.4) is 0 Å². The predicted molar refractivity (Wildman–Crippen MR) is 73.3 cm³/mol. The van der Waals surface area contributed by atoms with E-state index < -0.39 is 0 Å². The first-order valence-corrected chi connectivity index (χ1v) is 6.40. The Hall–Kier alpha value is -1.75. The zero-order chi connectivity index (χ0) is 14.0. The molecular weight excluding hydrogens is 244 g/mol. The van der Waals surface area contributed by atoms with Crippen LogP contribution in [0.5, 0.6) is 5.75 Å². The summed E-state index contributed by atoms with van der Waals surface area (Å²) in [5.74, 6) is 0.411. The number of carbonyl (C=O) groups is 1. The molecule has 1 aromatic rings. The van der Waals surface area contributed by atoms with Gasteiger partial charge in [-0.25, -0.2) is 0 Å². The second-order valence-electron chi connectivity index (χ2n) is 4.89. The van der Waals surface area contributed by atoms with Crippen LogP contribution in [0.25, 0.3) is 0 Å². The van der Waals surface area contributed by atoms with E-state index in [1.165, 1.54) is 7.11 Å².